The third-order valence-electron chi connectivity index (χ3n) is 4.09. The Bertz CT molecular complexity index is 1320. The van der Waals surface area contributed by atoms with Crippen molar-refractivity contribution in [1.29, 1.82) is 0 Å². The number of nitrogens with zero attached hydrogens (tertiary/aromatic N) is 3. The largest absolute Gasteiger partial charge is 0.453 e. The summed E-state index contributed by atoms with van der Waals surface area (Å²) in [5.41, 5.74) is 1.10. The summed E-state index contributed by atoms with van der Waals surface area (Å²) in [4.78, 5) is 4.13. The average molecular weight is 441 g/mol. The monoisotopic (exact) mass is 441 g/mol. The van der Waals surface area contributed by atoms with E-state index in [0.717, 1.165) is 22.1 Å². The van der Waals surface area contributed by atoms with Crippen molar-refractivity contribution < 1.29 is 26.0 Å². The number of aromatic nitrogens is 3. The number of halogens is 4. The van der Waals surface area contributed by atoms with E-state index in [4.69, 9.17) is 0 Å². The third-order valence-corrected chi connectivity index (χ3v) is 6.30. The van der Waals surface area contributed by atoms with Gasteiger partial charge in [0.1, 0.15) is 5.82 Å². The lowest BCUT2D eigenvalue weighted by molar-refractivity contribution is -0.144. The number of hydrogen-bond acceptors (Lipinski definition) is 5. The van der Waals surface area contributed by atoms with Crippen LogP contribution < -0.4 is 0 Å². The smallest absolute Gasteiger partial charge is 0.224 e. The Labute approximate surface area is 166 Å². The van der Waals surface area contributed by atoms with Crippen LogP contribution in [0.1, 0.15) is 5.82 Å². The molecule has 4 aromatic rings. The Hall–Kier alpha value is -2.79. The highest BCUT2D eigenvalue weighted by atomic mass is 32.2. The lowest BCUT2D eigenvalue weighted by atomic mass is 10.1. The average Bonchev–Trinajstić information content (AvgIpc) is 3.18. The van der Waals surface area contributed by atoms with E-state index in [9.17, 15) is 26.0 Å². The predicted molar refractivity (Wildman–Crippen MR) is 99.8 cm³/mol. The second-order valence-electron chi connectivity index (χ2n) is 6.21. The fourth-order valence-corrected chi connectivity index (χ4v) is 4.52. The maximum atomic E-state index is 13.8. The highest BCUT2D eigenvalue weighted by Crippen LogP contribution is 2.40. The van der Waals surface area contributed by atoms with Gasteiger partial charge in [-0.05, 0) is 29.8 Å². The molecule has 5 nitrogen and oxygen atoms in total. The molecule has 0 amide bonds. The Kier molecular flexibility index (Phi) is 4.46. The van der Waals surface area contributed by atoms with Crippen molar-refractivity contribution in [3.63, 3.8) is 0 Å². The quantitative estimate of drug-likeness (QED) is 0.433. The summed E-state index contributed by atoms with van der Waals surface area (Å²) in [6, 6.07) is 11.3. The molecule has 0 unspecified atom stereocenters. The Morgan fingerprint density at radius 3 is 2.31 bits per heavy atom. The number of alkyl halides is 3. The van der Waals surface area contributed by atoms with E-state index in [1.54, 1.807) is 6.07 Å². The van der Waals surface area contributed by atoms with Gasteiger partial charge in [-0.25, -0.2) is 17.3 Å². The van der Waals surface area contributed by atoms with Crippen molar-refractivity contribution in [3.8, 4) is 21.7 Å². The normalized spacial score (nSPS) is 12.6. The summed E-state index contributed by atoms with van der Waals surface area (Å²) in [6.45, 7) is 0. The molecule has 0 bridgehead atoms. The first-order valence-corrected chi connectivity index (χ1v) is 10.8. The van der Waals surface area contributed by atoms with Crippen LogP contribution in [-0.2, 0) is 16.0 Å². The van der Waals surface area contributed by atoms with E-state index in [2.05, 4.69) is 10.1 Å². The molecule has 2 aromatic carbocycles. The van der Waals surface area contributed by atoms with Crippen molar-refractivity contribution in [2.24, 2.45) is 0 Å². The minimum Gasteiger partial charge on any atom is -0.224 e. The molecule has 0 aliphatic heterocycles. The van der Waals surface area contributed by atoms with Crippen LogP contribution >= 0.6 is 11.3 Å². The molecule has 0 radical (unpaired) electrons. The number of sulfone groups is 1. The van der Waals surface area contributed by atoms with Crippen LogP contribution in [-0.4, -0.2) is 29.3 Å². The molecule has 0 saturated heterocycles. The van der Waals surface area contributed by atoms with Crippen LogP contribution in [0.25, 0.3) is 26.7 Å². The highest BCUT2D eigenvalue weighted by molar-refractivity contribution is 7.90. The van der Waals surface area contributed by atoms with Crippen LogP contribution in [0.4, 0.5) is 17.6 Å². The minimum absolute atomic E-state index is 0.0150. The zero-order chi connectivity index (χ0) is 21.0. The van der Waals surface area contributed by atoms with Gasteiger partial charge in [0.25, 0.3) is 5.82 Å². The molecule has 2 aromatic heterocycles. The molecule has 0 fully saturated rings. The minimum atomic E-state index is -4.72. The highest BCUT2D eigenvalue weighted by Gasteiger charge is 2.37. The number of fused-ring (bicyclic) bond motifs is 1. The molecule has 0 N–H and O–H groups in total. The zero-order valence-electron chi connectivity index (χ0n) is 14.6. The van der Waals surface area contributed by atoms with Gasteiger partial charge in [-0.2, -0.15) is 18.2 Å². The van der Waals surface area contributed by atoms with Crippen LogP contribution in [0, 0.1) is 5.82 Å². The maximum Gasteiger partial charge on any atom is 0.453 e. The molecule has 29 heavy (non-hydrogen) atoms. The van der Waals surface area contributed by atoms with Gasteiger partial charge in [-0.15, -0.1) is 5.10 Å². The van der Waals surface area contributed by atoms with Gasteiger partial charge in [0, 0.05) is 11.8 Å². The van der Waals surface area contributed by atoms with E-state index in [1.807, 2.05) is 0 Å². The van der Waals surface area contributed by atoms with Gasteiger partial charge in [-0.1, -0.05) is 35.6 Å². The molecule has 0 saturated carbocycles. The molecule has 2 heterocycles. The summed E-state index contributed by atoms with van der Waals surface area (Å²) in [5, 5.41) is 3.57. The van der Waals surface area contributed by atoms with Gasteiger partial charge >= 0.3 is 6.18 Å². The fraction of sp³-hybridized carbons (Fsp3) is 0.111. The zero-order valence-corrected chi connectivity index (χ0v) is 16.2. The number of hydrogen-bond donors (Lipinski definition) is 0. The molecule has 0 aliphatic carbocycles. The second kappa shape index (κ2) is 6.63. The predicted octanol–water partition coefficient (Wildman–Crippen LogP) is 4.69. The summed E-state index contributed by atoms with van der Waals surface area (Å²) in [7, 11) is -3.41. The SMILES string of the molecule is CS(=O)(=O)c1ccc(-c2sc3nc(C(F)(F)F)nn3c2-c2cccc(F)c2)cc1. The molecule has 0 atom stereocenters. The standard InChI is InChI=1S/C18H11F4N3O2S2/c1-29(26,27)13-7-5-10(6-8-13)15-14(11-3-2-4-12(19)9-11)25-17(28-15)23-16(24-25)18(20,21)22/h2-9H,1H3. The summed E-state index contributed by atoms with van der Waals surface area (Å²) < 4.78 is 77.2. The fourth-order valence-electron chi connectivity index (χ4n) is 2.80. The van der Waals surface area contributed by atoms with Gasteiger partial charge in [0.05, 0.1) is 15.5 Å². The Balaban J connectivity index is 1.96. The number of rotatable bonds is 3. The summed E-state index contributed by atoms with van der Waals surface area (Å²) in [6.07, 6.45) is -3.65. The lowest BCUT2D eigenvalue weighted by Gasteiger charge is -2.06. The molecule has 0 spiro atoms. The summed E-state index contributed by atoms with van der Waals surface area (Å²) in [5.74, 6) is -1.85. The molecule has 4 rings (SSSR count). The lowest BCUT2D eigenvalue weighted by Crippen LogP contribution is -2.08. The summed E-state index contributed by atoms with van der Waals surface area (Å²) >= 11 is 0.945. The molecular weight excluding hydrogens is 430 g/mol. The third kappa shape index (κ3) is 3.62. The van der Waals surface area contributed by atoms with E-state index in [0.29, 0.717) is 16.0 Å². The van der Waals surface area contributed by atoms with Gasteiger partial charge < -0.3 is 0 Å². The van der Waals surface area contributed by atoms with Gasteiger partial charge in [0.15, 0.2) is 9.84 Å². The van der Waals surface area contributed by atoms with E-state index < -0.39 is 27.7 Å². The topological polar surface area (TPSA) is 64.3 Å². The van der Waals surface area contributed by atoms with Gasteiger partial charge in [-0.3, -0.25) is 0 Å². The van der Waals surface area contributed by atoms with Crippen molar-refractivity contribution in [3.05, 3.63) is 60.2 Å². The van der Waals surface area contributed by atoms with Crippen LogP contribution in [0.3, 0.4) is 0 Å². The van der Waals surface area contributed by atoms with Crippen LogP contribution in [0.2, 0.25) is 0 Å². The van der Waals surface area contributed by atoms with Crippen molar-refractivity contribution in [1.82, 2.24) is 14.6 Å². The van der Waals surface area contributed by atoms with Crippen LogP contribution in [0.15, 0.2) is 53.4 Å². The van der Waals surface area contributed by atoms with Crippen molar-refractivity contribution in [2.45, 2.75) is 11.1 Å². The van der Waals surface area contributed by atoms with E-state index in [1.165, 1.54) is 42.5 Å². The number of benzene rings is 2. The second-order valence-corrected chi connectivity index (χ2v) is 9.21. The first-order valence-electron chi connectivity index (χ1n) is 8.07. The van der Waals surface area contributed by atoms with Crippen molar-refractivity contribution in [2.75, 3.05) is 6.26 Å². The van der Waals surface area contributed by atoms with Crippen molar-refractivity contribution >= 4 is 26.1 Å². The molecule has 11 heteroatoms. The van der Waals surface area contributed by atoms with E-state index in [-0.39, 0.29) is 15.6 Å². The van der Waals surface area contributed by atoms with Crippen LogP contribution in [0.5, 0.6) is 0 Å². The maximum absolute atomic E-state index is 13.8. The van der Waals surface area contributed by atoms with Gasteiger partial charge in [0.2, 0.25) is 4.96 Å². The first-order chi connectivity index (χ1) is 13.5. The Morgan fingerprint density at radius 1 is 1.03 bits per heavy atom. The molecular formula is C18H11F4N3O2S2. The number of thiazole rings is 1. The Morgan fingerprint density at radius 2 is 1.72 bits per heavy atom. The first kappa shape index (κ1) is 19.5. The molecule has 0 aliphatic rings. The van der Waals surface area contributed by atoms with E-state index >= 15 is 0 Å². The molecule has 150 valence electrons.